The lowest BCUT2D eigenvalue weighted by atomic mass is 9.95. The number of aliphatic imine (C=N–C) groups is 1. The number of hydrogen-bond donors (Lipinski definition) is 2. The number of guanidine groups is 1. The minimum atomic E-state index is -0.191. The Hall–Kier alpha value is -1.30. The molecule has 6 heteroatoms. The van der Waals surface area contributed by atoms with E-state index < -0.39 is 0 Å². The van der Waals surface area contributed by atoms with Crippen LogP contribution in [0.3, 0.4) is 0 Å². The molecule has 2 fully saturated rings. The van der Waals surface area contributed by atoms with Crippen LogP contribution < -0.4 is 11.1 Å². The zero-order valence-electron chi connectivity index (χ0n) is 16.2. The Morgan fingerprint density at radius 1 is 1.24 bits per heavy atom. The molecule has 0 bridgehead atoms. The van der Waals surface area contributed by atoms with E-state index in [1.807, 2.05) is 7.05 Å². The van der Waals surface area contributed by atoms with Crippen LogP contribution >= 0.6 is 0 Å². The number of carbonyl (C=O) groups is 1. The topological polar surface area (TPSA) is 74.0 Å². The zero-order chi connectivity index (χ0) is 18.1. The third-order valence-electron chi connectivity index (χ3n) is 5.56. The van der Waals surface area contributed by atoms with Crippen molar-refractivity contribution in [3.8, 4) is 0 Å². The maximum atomic E-state index is 11.2. The monoisotopic (exact) mass is 351 g/mol. The molecule has 0 aromatic carbocycles. The lowest BCUT2D eigenvalue weighted by Gasteiger charge is -2.38. The van der Waals surface area contributed by atoms with Crippen molar-refractivity contribution in [1.29, 1.82) is 0 Å². The molecule has 1 amide bonds. The zero-order valence-corrected chi connectivity index (χ0v) is 16.2. The molecule has 2 atom stereocenters. The molecule has 2 aliphatic heterocycles. The van der Waals surface area contributed by atoms with Crippen molar-refractivity contribution in [1.82, 2.24) is 15.1 Å². The third-order valence-corrected chi connectivity index (χ3v) is 5.56. The normalized spacial score (nSPS) is 25.8. The Balaban J connectivity index is 1.85. The van der Waals surface area contributed by atoms with E-state index in [4.69, 9.17) is 5.73 Å². The summed E-state index contributed by atoms with van der Waals surface area (Å²) < 4.78 is 0. The summed E-state index contributed by atoms with van der Waals surface area (Å²) in [5.41, 5.74) is 5.38. The summed E-state index contributed by atoms with van der Waals surface area (Å²) in [5.74, 6) is 1.15. The minimum absolute atomic E-state index is 0.191. The largest absolute Gasteiger partial charge is 0.370 e. The van der Waals surface area contributed by atoms with Crippen LogP contribution in [0.4, 0.5) is 0 Å². The van der Waals surface area contributed by atoms with Gasteiger partial charge in [-0.1, -0.05) is 19.8 Å². The predicted octanol–water partition coefficient (Wildman–Crippen LogP) is 1.80. The van der Waals surface area contributed by atoms with E-state index in [0.29, 0.717) is 18.4 Å². The lowest BCUT2D eigenvalue weighted by molar-refractivity contribution is -0.119. The van der Waals surface area contributed by atoms with Crippen LogP contribution in [0.1, 0.15) is 58.3 Å². The van der Waals surface area contributed by atoms with E-state index in [-0.39, 0.29) is 5.91 Å². The van der Waals surface area contributed by atoms with Gasteiger partial charge in [-0.2, -0.15) is 0 Å². The van der Waals surface area contributed by atoms with Gasteiger partial charge in [-0.3, -0.25) is 14.7 Å². The second-order valence-corrected chi connectivity index (χ2v) is 7.59. The standard InChI is InChI=1S/C19H37N5O/c1-3-4-10-23-11-6-5-9-17(23)14-22-19(21-2)24-12-7-8-16(15-24)13-18(20)25/h16-17H,3-15H2,1-2H3,(H2,20,25)(H,21,22). The lowest BCUT2D eigenvalue weighted by Crippen LogP contribution is -2.52. The second-order valence-electron chi connectivity index (χ2n) is 7.59. The fourth-order valence-corrected chi connectivity index (χ4v) is 4.20. The number of piperidine rings is 2. The number of nitrogens with zero attached hydrogens (tertiary/aromatic N) is 3. The number of hydrogen-bond acceptors (Lipinski definition) is 3. The minimum Gasteiger partial charge on any atom is -0.370 e. The molecule has 2 rings (SSSR count). The van der Waals surface area contributed by atoms with Gasteiger partial charge in [-0.05, 0) is 51.1 Å². The van der Waals surface area contributed by atoms with Crippen LogP contribution in [0.2, 0.25) is 0 Å². The molecular formula is C19H37N5O. The number of nitrogens with two attached hydrogens (primary N) is 1. The van der Waals surface area contributed by atoms with Crippen LogP contribution in [0.25, 0.3) is 0 Å². The van der Waals surface area contributed by atoms with E-state index in [0.717, 1.165) is 38.4 Å². The smallest absolute Gasteiger partial charge is 0.217 e. The van der Waals surface area contributed by atoms with Gasteiger partial charge in [0.1, 0.15) is 0 Å². The molecule has 0 spiro atoms. The molecule has 0 aromatic rings. The highest BCUT2D eigenvalue weighted by Gasteiger charge is 2.25. The molecule has 0 aliphatic carbocycles. The maximum Gasteiger partial charge on any atom is 0.217 e. The van der Waals surface area contributed by atoms with Gasteiger partial charge >= 0.3 is 0 Å². The second kappa shape index (κ2) is 10.6. The highest BCUT2D eigenvalue weighted by molar-refractivity contribution is 5.80. The van der Waals surface area contributed by atoms with E-state index in [1.165, 1.54) is 45.2 Å². The van der Waals surface area contributed by atoms with E-state index in [1.54, 1.807) is 0 Å². The van der Waals surface area contributed by atoms with Crippen molar-refractivity contribution >= 4 is 11.9 Å². The summed E-state index contributed by atoms with van der Waals surface area (Å²) in [5, 5.41) is 3.61. The maximum absolute atomic E-state index is 11.2. The summed E-state index contributed by atoms with van der Waals surface area (Å²) >= 11 is 0. The first-order valence-corrected chi connectivity index (χ1v) is 10.1. The number of likely N-dealkylation sites (tertiary alicyclic amines) is 2. The molecule has 0 saturated carbocycles. The number of carbonyl (C=O) groups excluding carboxylic acids is 1. The number of unbranched alkanes of at least 4 members (excludes halogenated alkanes) is 1. The average Bonchev–Trinajstić information content (AvgIpc) is 2.61. The summed E-state index contributed by atoms with van der Waals surface area (Å²) in [6, 6.07) is 0.614. The fourth-order valence-electron chi connectivity index (χ4n) is 4.20. The molecule has 0 radical (unpaired) electrons. The van der Waals surface area contributed by atoms with E-state index in [2.05, 4.69) is 27.0 Å². The molecule has 0 aromatic heterocycles. The third kappa shape index (κ3) is 6.49. The van der Waals surface area contributed by atoms with Gasteiger partial charge in [0.2, 0.25) is 5.91 Å². The van der Waals surface area contributed by atoms with Crippen molar-refractivity contribution in [2.24, 2.45) is 16.6 Å². The first kappa shape index (κ1) is 20.0. The number of nitrogens with one attached hydrogen (secondary N) is 1. The van der Waals surface area contributed by atoms with Crippen molar-refractivity contribution in [3.63, 3.8) is 0 Å². The first-order chi connectivity index (χ1) is 12.1. The Morgan fingerprint density at radius 3 is 2.80 bits per heavy atom. The summed E-state index contributed by atoms with van der Waals surface area (Å²) in [7, 11) is 1.86. The van der Waals surface area contributed by atoms with Crippen molar-refractivity contribution < 1.29 is 4.79 Å². The molecule has 3 N–H and O–H groups in total. The fraction of sp³-hybridized carbons (Fsp3) is 0.895. The molecule has 2 unspecified atom stereocenters. The van der Waals surface area contributed by atoms with Crippen LogP contribution in [0.5, 0.6) is 0 Å². The highest BCUT2D eigenvalue weighted by atomic mass is 16.1. The summed E-state index contributed by atoms with van der Waals surface area (Å²) in [4.78, 5) is 20.7. The van der Waals surface area contributed by atoms with Gasteiger partial charge < -0.3 is 16.0 Å². The van der Waals surface area contributed by atoms with E-state index >= 15 is 0 Å². The van der Waals surface area contributed by atoms with Crippen LogP contribution in [0.15, 0.2) is 4.99 Å². The quantitative estimate of drug-likeness (QED) is 0.542. The van der Waals surface area contributed by atoms with Crippen LogP contribution in [-0.4, -0.2) is 67.5 Å². The predicted molar refractivity (Wildman–Crippen MR) is 104 cm³/mol. The van der Waals surface area contributed by atoms with Crippen molar-refractivity contribution in [2.45, 2.75) is 64.3 Å². The Morgan fingerprint density at radius 2 is 2.08 bits per heavy atom. The SMILES string of the molecule is CCCCN1CCCCC1CNC(=NC)N1CCCC(CC(N)=O)C1. The number of rotatable bonds is 7. The number of amides is 1. The molecule has 144 valence electrons. The van der Waals surface area contributed by atoms with Gasteiger partial charge in [-0.15, -0.1) is 0 Å². The molecule has 2 heterocycles. The summed E-state index contributed by atoms with van der Waals surface area (Å²) in [6.45, 7) is 7.57. The Bertz CT molecular complexity index is 440. The number of primary amides is 1. The van der Waals surface area contributed by atoms with Crippen molar-refractivity contribution in [2.75, 3.05) is 39.8 Å². The van der Waals surface area contributed by atoms with Gasteiger partial charge in [0.15, 0.2) is 5.96 Å². The highest BCUT2D eigenvalue weighted by Crippen LogP contribution is 2.20. The van der Waals surface area contributed by atoms with Crippen LogP contribution in [-0.2, 0) is 4.79 Å². The van der Waals surface area contributed by atoms with E-state index in [9.17, 15) is 4.79 Å². The Kier molecular flexibility index (Phi) is 8.52. The van der Waals surface area contributed by atoms with Crippen LogP contribution in [0, 0.1) is 5.92 Å². The first-order valence-electron chi connectivity index (χ1n) is 10.1. The molecule has 2 aliphatic rings. The average molecular weight is 352 g/mol. The Labute approximate surface area is 153 Å². The molecule has 25 heavy (non-hydrogen) atoms. The van der Waals surface area contributed by atoms with Gasteiger partial charge in [0, 0.05) is 39.1 Å². The van der Waals surface area contributed by atoms with Crippen molar-refractivity contribution in [3.05, 3.63) is 0 Å². The van der Waals surface area contributed by atoms with Gasteiger partial charge in [0.25, 0.3) is 0 Å². The summed E-state index contributed by atoms with van der Waals surface area (Å²) in [6.07, 6.45) is 9.15. The van der Waals surface area contributed by atoms with Gasteiger partial charge in [0.05, 0.1) is 0 Å². The molecular weight excluding hydrogens is 314 g/mol. The van der Waals surface area contributed by atoms with Gasteiger partial charge in [-0.25, -0.2) is 0 Å². The molecule has 2 saturated heterocycles. The molecule has 6 nitrogen and oxygen atoms in total.